The minimum absolute atomic E-state index is 0.130. The fraction of sp³-hybridized carbons (Fsp3) is 0.364. The zero-order valence-electron chi connectivity index (χ0n) is 8.73. The summed E-state index contributed by atoms with van der Waals surface area (Å²) >= 11 is 0. The minimum Gasteiger partial charge on any atom is -0.454 e. The SMILES string of the molecule is O=C(CCO)NCc1ccc2c(c1)OCO2. The van der Waals surface area contributed by atoms with Crippen LogP contribution in [0.25, 0.3) is 0 Å². The molecule has 5 nitrogen and oxygen atoms in total. The first-order valence-electron chi connectivity index (χ1n) is 5.05. The lowest BCUT2D eigenvalue weighted by atomic mass is 10.2. The Bertz CT molecular complexity index is 392. The predicted molar refractivity (Wildman–Crippen MR) is 56.1 cm³/mol. The van der Waals surface area contributed by atoms with Crippen molar-refractivity contribution in [2.75, 3.05) is 13.4 Å². The Morgan fingerprint density at radius 3 is 3.00 bits per heavy atom. The molecule has 0 saturated heterocycles. The van der Waals surface area contributed by atoms with Crippen molar-refractivity contribution in [3.8, 4) is 11.5 Å². The predicted octanol–water partition coefficient (Wildman–Crippen LogP) is 0.414. The highest BCUT2D eigenvalue weighted by molar-refractivity contribution is 5.75. The zero-order valence-corrected chi connectivity index (χ0v) is 8.73. The van der Waals surface area contributed by atoms with E-state index in [0.29, 0.717) is 12.3 Å². The molecule has 0 fully saturated rings. The lowest BCUT2D eigenvalue weighted by Crippen LogP contribution is -2.23. The van der Waals surface area contributed by atoms with E-state index < -0.39 is 0 Å². The number of hydrogen-bond acceptors (Lipinski definition) is 4. The van der Waals surface area contributed by atoms with Crippen LogP contribution in [0.1, 0.15) is 12.0 Å². The van der Waals surface area contributed by atoms with Crippen LogP contribution in [0.15, 0.2) is 18.2 Å². The van der Waals surface area contributed by atoms with E-state index in [4.69, 9.17) is 14.6 Å². The smallest absolute Gasteiger partial charge is 0.231 e. The molecule has 1 aromatic rings. The first-order chi connectivity index (χ1) is 7.79. The molecule has 0 radical (unpaired) electrons. The van der Waals surface area contributed by atoms with Crippen LogP contribution in [0, 0.1) is 0 Å². The molecule has 1 aliphatic rings. The van der Waals surface area contributed by atoms with Crippen molar-refractivity contribution in [2.45, 2.75) is 13.0 Å². The van der Waals surface area contributed by atoms with Crippen LogP contribution in [-0.2, 0) is 11.3 Å². The molecule has 2 rings (SSSR count). The Labute approximate surface area is 93.0 Å². The maximum Gasteiger partial charge on any atom is 0.231 e. The van der Waals surface area contributed by atoms with Crippen molar-refractivity contribution in [3.63, 3.8) is 0 Å². The summed E-state index contributed by atoms with van der Waals surface area (Å²) in [6.45, 7) is 0.540. The second-order valence-corrected chi connectivity index (χ2v) is 3.44. The first-order valence-corrected chi connectivity index (χ1v) is 5.05. The molecule has 1 amide bonds. The second-order valence-electron chi connectivity index (χ2n) is 3.44. The van der Waals surface area contributed by atoms with Crippen molar-refractivity contribution in [2.24, 2.45) is 0 Å². The maximum atomic E-state index is 11.1. The van der Waals surface area contributed by atoms with Gasteiger partial charge in [0.1, 0.15) is 0 Å². The van der Waals surface area contributed by atoms with Gasteiger partial charge in [0.05, 0.1) is 6.61 Å². The zero-order chi connectivity index (χ0) is 11.4. The van der Waals surface area contributed by atoms with E-state index >= 15 is 0 Å². The number of nitrogens with one attached hydrogen (secondary N) is 1. The molecule has 0 atom stereocenters. The fourth-order valence-corrected chi connectivity index (χ4v) is 1.44. The summed E-state index contributed by atoms with van der Waals surface area (Å²) < 4.78 is 10.4. The van der Waals surface area contributed by atoms with Gasteiger partial charge in [-0.2, -0.15) is 0 Å². The molecule has 1 aliphatic heterocycles. The number of aliphatic hydroxyl groups is 1. The van der Waals surface area contributed by atoms with Gasteiger partial charge in [0.2, 0.25) is 12.7 Å². The summed E-state index contributed by atoms with van der Waals surface area (Å²) in [6.07, 6.45) is 0.130. The lowest BCUT2D eigenvalue weighted by molar-refractivity contribution is -0.121. The van der Waals surface area contributed by atoms with Gasteiger partial charge in [-0.1, -0.05) is 6.07 Å². The number of amides is 1. The normalized spacial score (nSPS) is 12.6. The van der Waals surface area contributed by atoms with Crippen molar-refractivity contribution >= 4 is 5.91 Å². The summed E-state index contributed by atoms with van der Waals surface area (Å²) in [7, 11) is 0. The molecular formula is C11H13NO4. The highest BCUT2D eigenvalue weighted by Crippen LogP contribution is 2.32. The number of carbonyl (C=O) groups excluding carboxylic acids is 1. The lowest BCUT2D eigenvalue weighted by Gasteiger charge is -2.05. The molecule has 0 unspecified atom stereocenters. The fourth-order valence-electron chi connectivity index (χ4n) is 1.44. The Balaban J connectivity index is 1.93. The van der Waals surface area contributed by atoms with Crippen molar-refractivity contribution in [1.82, 2.24) is 5.32 Å². The van der Waals surface area contributed by atoms with Crippen LogP contribution in [0.4, 0.5) is 0 Å². The highest BCUT2D eigenvalue weighted by Gasteiger charge is 2.13. The van der Waals surface area contributed by atoms with Crippen LogP contribution in [0.5, 0.6) is 11.5 Å². The molecule has 86 valence electrons. The van der Waals surface area contributed by atoms with Gasteiger partial charge in [0, 0.05) is 13.0 Å². The summed E-state index contributed by atoms with van der Waals surface area (Å²) in [5.41, 5.74) is 0.940. The summed E-state index contributed by atoms with van der Waals surface area (Å²) in [6, 6.07) is 5.52. The summed E-state index contributed by atoms with van der Waals surface area (Å²) in [5, 5.41) is 11.3. The third-order valence-electron chi connectivity index (χ3n) is 2.27. The van der Waals surface area contributed by atoms with Gasteiger partial charge in [-0.3, -0.25) is 4.79 Å². The Hall–Kier alpha value is -1.75. The number of benzene rings is 1. The number of aliphatic hydroxyl groups excluding tert-OH is 1. The van der Waals surface area contributed by atoms with E-state index in [1.807, 2.05) is 18.2 Å². The molecule has 0 aliphatic carbocycles. The van der Waals surface area contributed by atoms with Gasteiger partial charge in [-0.05, 0) is 17.7 Å². The van der Waals surface area contributed by atoms with E-state index in [9.17, 15) is 4.79 Å². The number of hydrogen-bond donors (Lipinski definition) is 2. The van der Waals surface area contributed by atoms with Crippen LogP contribution < -0.4 is 14.8 Å². The van der Waals surface area contributed by atoms with Gasteiger partial charge in [-0.25, -0.2) is 0 Å². The van der Waals surface area contributed by atoms with Gasteiger partial charge in [-0.15, -0.1) is 0 Å². The van der Waals surface area contributed by atoms with Crippen molar-refractivity contribution < 1.29 is 19.4 Å². The molecule has 0 bridgehead atoms. The molecule has 5 heteroatoms. The number of ether oxygens (including phenoxy) is 2. The standard InChI is InChI=1S/C11H13NO4/c13-4-3-11(14)12-6-8-1-2-9-10(5-8)16-7-15-9/h1-2,5,13H,3-4,6-7H2,(H,12,14). The van der Waals surface area contributed by atoms with Crippen LogP contribution in [-0.4, -0.2) is 24.4 Å². The average molecular weight is 223 g/mol. The van der Waals surface area contributed by atoms with Crippen LogP contribution >= 0.6 is 0 Å². The van der Waals surface area contributed by atoms with E-state index in [2.05, 4.69) is 5.32 Å². The van der Waals surface area contributed by atoms with E-state index in [-0.39, 0.29) is 25.7 Å². The number of rotatable bonds is 4. The largest absolute Gasteiger partial charge is 0.454 e. The molecule has 1 aromatic carbocycles. The van der Waals surface area contributed by atoms with Gasteiger partial charge in [0.25, 0.3) is 0 Å². The molecule has 0 aromatic heterocycles. The average Bonchev–Trinajstić information content (AvgIpc) is 2.74. The molecule has 16 heavy (non-hydrogen) atoms. The minimum atomic E-state index is -0.167. The summed E-state index contributed by atoms with van der Waals surface area (Å²) in [5.74, 6) is 1.26. The van der Waals surface area contributed by atoms with Gasteiger partial charge < -0.3 is 19.9 Å². The molecule has 0 spiro atoms. The first kappa shape index (κ1) is 10.8. The topological polar surface area (TPSA) is 67.8 Å². The third kappa shape index (κ3) is 2.43. The van der Waals surface area contributed by atoms with Crippen molar-refractivity contribution in [1.29, 1.82) is 0 Å². The highest BCUT2D eigenvalue weighted by atomic mass is 16.7. The Morgan fingerprint density at radius 2 is 2.19 bits per heavy atom. The molecule has 0 saturated carbocycles. The van der Waals surface area contributed by atoms with Crippen LogP contribution in [0.3, 0.4) is 0 Å². The Kier molecular flexibility index (Phi) is 3.26. The van der Waals surface area contributed by atoms with Crippen LogP contribution in [0.2, 0.25) is 0 Å². The van der Waals surface area contributed by atoms with Gasteiger partial charge in [0.15, 0.2) is 11.5 Å². The molecule has 1 heterocycles. The molecule has 2 N–H and O–H groups in total. The van der Waals surface area contributed by atoms with E-state index in [0.717, 1.165) is 11.3 Å². The van der Waals surface area contributed by atoms with Crippen molar-refractivity contribution in [3.05, 3.63) is 23.8 Å². The van der Waals surface area contributed by atoms with Gasteiger partial charge >= 0.3 is 0 Å². The second kappa shape index (κ2) is 4.85. The monoisotopic (exact) mass is 223 g/mol. The quantitative estimate of drug-likeness (QED) is 0.776. The number of carbonyl (C=O) groups is 1. The van der Waals surface area contributed by atoms with E-state index in [1.54, 1.807) is 0 Å². The number of fused-ring (bicyclic) bond motifs is 1. The maximum absolute atomic E-state index is 11.1. The third-order valence-corrected chi connectivity index (χ3v) is 2.27. The summed E-state index contributed by atoms with van der Waals surface area (Å²) in [4.78, 5) is 11.1. The van der Waals surface area contributed by atoms with E-state index in [1.165, 1.54) is 0 Å². The Morgan fingerprint density at radius 1 is 1.38 bits per heavy atom. The molecular weight excluding hydrogens is 210 g/mol.